The number of rotatable bonds is 6. The van der Waals surface area contributed by atoms with E-state index in [1.807, 2.05) is 30.3 Å². The first-order valence-corrected chi connectivity index (χ1v) is 11.9. The Kier molecular flexibility index (Phi) is 6.57. The average Bonchev–Trinajstić information content (AvgIpc) is 3.21. The van der Waals surface area contributed by atoms with Crippen LogP contribution in [0.4, 0.5) is 15.8 Å². The van der Waals surface area contributed by atoms with Gasteiger partial charge in [0.2, 0.25) is 21.4 Å². The summed E-state index contributed by atoms with van der Waals surface area (Å²) in [6.07, 6.45) is -1.22. The van der Waals surface area contributed by atoms with Crippen LogP contribution >= 0.6 is 0 Å². The van der Waals surface area contributed by atoms with Gasteiger partial charge in [-0.05, 0) is 29.3 Å². The monoisotopic (exact) mass is 493 g/mol. The van der Waals surface area contributed by atoms with E-state index >= 15 is 0 Å². The Labute approximate surface area is 202 Å². The van der Waals surface area contributed by atoms with Crippen LogP contribution < -0.4 is 4.74 Å². The number of nitrogens with zero attached hydrogens (tertiary/aromatic N) is 3. The van der Waals surface area contributed by atoms with E-state index in [4.69, 9.17) is 17.9 Å². The Morgan fingerprint density at radius 3 is 2.37 bits per heavy atom. The van der Waals surface area contributed by atoms with Gasteiger partial charge in [-0.25, -0.2) is 22.5 Å². The second-order valence-corrected chi connectivity index (χ2v) is 9.96. The van der Waals surface area contributed by atoms with Crippen molar-refractivity contribution in [1.29, 1.82) is 0 Å². The number of β-amino-alcohol motifs (C(OH)–C–C–N with tert-alkyl or cyclic N) is 1. The third-order valence-electron chi connectivity index (χ3n) is 5.82. The SMILES string of the molecule is [C-]#[N+]c1ccc(O[C@H]2CN(S(=O)(=O)c3ccc(-c4ccccc4)cc3[N+]#[C-])C[C@@]2(O)CO)cc1F. The van der Waals surface area contributed by atoms with Crippen LogP contribution in [-0.2, 0) is 10.0 Å². The molecular weight excluding hydrogens is 473 g/mol. The molecular formula is C25H20FN3O5S. The number of halogens is 1. The normalized spacial score (nSPS) is 20.2. The van der Waals surface area contributed by atoms with E-state index < -0.39 is 40.7 Å². The van der Waals surface area contributed by atoms with Crippen LogP contribution in [0.3, 0.4) is 0 Å². The lowest BCUT2D eigenvalue weighted by Gasteiger charge is -2.27. The fourth-order valence-corrected chi connectivity index (χ4v) is 5.51. The highest BCUT2D eigenvalue weighted by Crippen LogP contribution is 2.36. The van der Waals surface area contributed by atoms with Crippen molar-refractivity contribution in [3.63, 3.8) is 0 Å². The highest BCUT2D eigenvalue weighted by Gasteiger charge is 2.51. The third kappa shape index (κ3) is 4.61. The van der Waals surface area contributed by atoms with Crippen LogP contribution in [0.15, 0.2) is 71.6 Å². The second-order valence-electron chi connectivity index (χ2n) is 8.05. The summed E-state index contributed by atoms with van der Waals surface area (Å²) in [7, 11) is -4.25. The van der Waals surface area contributed by atoms with Crippen molar-refractivity contribution < 1.29 is 27.8 Å². The van der Waals surface area contributed by atoms with E-state index in [-0.39, 0.29) is 28.6 Å². The van der Waals surface area contributed by atoms with Crippen LogP contribution in [0.2, 0.25) is 0 Å². The summed E-state index contributed by atoms with van der Waals surface area (Å²) >= 11 is 0. The van der Waals surface area contributed by atoms with Gasteiger partial charge in [0.05, 0.1) is 31.2 Å². The molecule has 1 aliphatic rings. The molecule has 2 N–H and O–H groups in total. The van der Waals surface area contributed by atoms with E-state index in [1.54, 1.807) is 6.07 Å². The van der Waals surface area contributed by atoms with Gasteiger partial charge >= 0.3 is 0 Å². The number of hydrogen-bond donors (Lipinski definition) is 2. The quantitative estimate of drug-likeness (QED) is 0.510. The zero-order valence-electron chi connectivity index (χ0n) is 18.3. The van der Waals surface area contributed by atoms with Gasteiger partial charge in [0.25, 0.3) is 0 Å². The fraction of sp³-hybridized carbons (Fsp3) is 0.200. The molecule has 0 spiro atoms. The molecule has 10 heteroatoms. The third-order valence-corrected chi connectivity index (χ3v) is 7.67. The zero-order chi connectivity index (χ0) is 25.2. The number of benzene rings is 3. The van der Waals surface area contributed by atoms with Crippen molar-refractivity contribution in [2.45, 2.75) is 16.6 Å². The smallest absolute Gasteiger partial charge is 0.233 e. The highest BCUT2D eigenvalue weighted by atomic mass is 32.2. The van der Waals surface area contributed by atoms with Gasteiger partial charge in [0.1, 0.15) is 23.3 Å². The largest absolute Gasteiger partial charge is 0.486 e. The molecule has 1 saturated heterocycles. The Bertz CT molecular complexity index is 1450. The summed E-state index contributed by atoms with van der Waals surface area (Å²) in [5.74, 6) is -0.854. The van der Waals surface area contributed by atoms with Gasteiger partial charge in [-0.15, -0.1) is 0 Å². The van der Waals surface area contributed by atoms with E-state index in [2.05, 4.69) is 9.69 Å². The standard InChI is InChI=1S/C25H20FN3O5S/c1-27-21-10-9-19(13-20(21)26)34-24-14-29(15-25(24,31)16-30)35(32,33)23-11-8-18(12-22(23)28-2)17-6-4-3-5-7-17/h3-13,24,30-31H,14-16H2/t24-,25+/m0/s1. The van der Waals surface area contributed by atoms with Gasteiger partial charge in [-0.1, -0.05) is 42.5 Å². The van der Waals surface area contributed by atoms with E-state index in [1.165, 1.54) is 24.3 Å². The van der Waals surface area contributed by atoms with Crippen molar-refractivity contribution in [3.05, 3.63) is 95.4 Å². The number of aliphatic hydroxyl groups is 2. The maximum atomic E-state index is 14.0. The summed E-state index contributed by atoms with van der Waals surface area (Å²) in [6, 6.07) is 17.1. The number of aliphatic hydroxyl groups excluding tert-OH is 1. The predicted molar refractivity (Wildman–Crippen MR) is 126 cm³/mol. The zero-order valence-corrected chi connectivity index (χ0v) is 19.1. The summed E-state index contributed by atoms with van der Waals surface area (Å²) < 4.78 is 47.4. The van der Waals surface area contributed by atoms with Crippen molar-refractivity contribution in [2.24, 2.45) is 0 Å². The van der Waals surface area contributed by atoms with Gasteiger partial charge < -0.3 is 14.9 Å². The minimum Gasteiger partial charge on any atom is -0.486 e. The van der Waals surface area contributed by atoms with Crippen LogP contribution in [-0.4, -0.2) is 54.3 Å². The Morgan fingerprint density at radius 1 is 1.03 bits per heavy atom. The molecule has 4 rings (SSSR count). The molecule has 0 radical (unpaired) electrons. The lowest BCUT2D eigenvalue weighted by Crippen LogP contribution is -2.48. The first-order valence-electron chi connectivity index (χ1n) is 10.5. The Hall–Kier alpha value is -3.80. The van der Waals surface area contributed by atoms with Crippen molar-refractivity contribution in [2.75, 3.05) is 19.7 Å². The summed E-state index contributed by atoms with van der Waals surface area (Å²) in [6.45, 7) is 12.8. The molecule has 35 heavy (non-hydrogen) atoms. The minimum atomic E-state index is -4.25. The number of ether oxygens (including phenoxy) is 1. The maximum absolute atomic E-state index is 14.0. The number of sulfonamides is 1. The molecule has 0 aliphatic carbocycles. The van der Waals surface area contributed by atoms with Crippen molar-refractivity contribution in [1.82, 2.24) is 4.31 Å². The molecule has 0 aromatic heterocycles. The first-order chi connectivity index (χ1) is 16.7. The van der Waals surface area contributed by atoms with Crippen LogP contribution in [0.1, 0.15) is 0 Å². The molecule has 0 unspecified atom stereocenters. The molecule has 8 nitrogen and oxygen atoms in total. The van der Waals surface area contributed by atoms with Crippen LogP contribution in [0.25, 0.3) is 20.8 Å². The van der Waals surface area contributed by atoms with Crippen molar-refractivity contribution >= 4 is 21.4 Å². The predicted octanol–water partition coefficient (Wildman–Crippen LogP) is 3.77. The molecule has 2 atom stereocenters. The first kappa shape index (κ1) is 24.3. The Balaban J connectivity index is 1.64. The Morgan fingerprint density at radius 2 is 1.74 bits per heavy atom. The molecule has 3 aromatic carbocycles. The molecule has 0 bridgehead atoms. The summed E-state index contributed by atoms with van der Waals surface area (Å²) in [5.41, 5.74) is -0.766. The average molecular weight is 494 g/mol. The fourth-order valence-electron chi connectivity index (χ4n) is 3.90. The molecule has 178 valence electrons. The molecule has 3 aromatic rings. The maximum Gasteiger partial charge on any atom is 0.233 e. The van der Waals surface area contributed by atoms with Crippen LogP contribution in [0.5, 0.6) is 5.75 Å². The molecule has 1 aliphatic heterocycles. The van der Waals surface area contributed by atoms with Gasteiger partial charge in [0, 0.05) is 12.6 Å². The lowest BCUT2D eigenvalue weighted by molar-refractivity contribution is -0.0641. The van der Waals surface area contributed by atoms with Crippen LogP contribution in [0, 0.1) is 19.0 Å². The van der Waals surface area contributed by atoms with Gasteiger partial charge in [0.15, 0.2) is 0 Å². The van der Waals surface area contributed by atoms with E-state index in [9.17, 15) is 23.0 Å². The second kappa shape index (κ2) is 9.45. The van der Waals surface area contributed by atoms with E-state index in [0.29, 0.717) is 5.56 Å². The van der Waals surface area contributed by atoms with Gasteiger partial charge in [-0.2, -0.15) is 4.31 Å². The topological polar surface area (TPSA) is 95.8 Å². The summed E-state index contributed by atoms with van der Waals surface area (Å²) in [4.78, 5) is 6.19. The minimum absolute atomic E-state index is 0.0277. The molecule has 0 saturated carbocycles. The molecule has 0 amide bonds. The van der Waals surface area contributed by atoms with Gasteiger partial charge in [-0.3, -0.25) is 0 Å². The van der Waals surface area contributed by atoms with E-state index in [0.717, 1.165) is 15.9 Å². The molecule has 1 heterocycles. The molecule has 1 fully saturated rings. The van der Waals surface area contributed by atoms with Crippen molar-refractivity contribution in [3.8, 4) is 16.9 Å². The number of hydrogen-bond acceptors (Lipinski definition) is 5. The lowest BCUT2D eigenvalue weighted by atomic mass is 10.0. The highest BCUT2D eigenvalue weighted by molar-refractivity contribution is 7.89. The summed E-state index contributed by atoms with van der Waals surface area (Å²) in [5, 5.41) is 20.7.